The molecule has 6 heteroatoms. The first-order valence-corrected chi connectivity index (χ1v) is 6.38. The van der Waals surface area contributed by atoms with Crippen LogP contribution in [0.15, 0.2) is 0 Å². The molecule has 0 aliphatic carbocycles. The van der Waals surface area contributed by atoms with Crippen molar-refractivity contribution in [3.8, 4) is 0 Å². The van der Waals surface area contributed by atoms with Gasteiger partial charge >= 0.3 is 0 Å². The van der Waals surface area contributed by atoms with E-state index in [0.717, 1.165) is 13.0 Å². The van der Waals surface area contributed by atoms with Crippen molar-refractivity contribution in [3.05, 3.63) is 0 Å². The summed E-state index contributed by atoms with van der Waals surface area (Å²) in [6.07, 6.45) is -1.36. The van der Waals surface area contributed by atoms with E-state index in [0.29, 0.717) is 24.9 Å². The van der Waals surface area contributed by atoms with Crippen LogP contribution in [0.4, 0.5) is 8.78 Å². The largest absolute Gasteiger partial charge is 0.375 e. The maximum Gasteiger partial charge on any atom is 0.261 e. The maximum atomic E-state index is 11.8. The quantitative estimate of drug-likeness (QED) is 0.731. The highest BCUT2D eigenvalue weighted by Gasteiger charge is 2.27. The van der Waals surface area contributed by atoms with Crippen molar-refractivity contribution in [2.24, 2.45) is 17.6 Å². The maximum absolute atomic E-state index is 11.8. The van der Waals surface area contributed by atoms with Crippen molar-refractivity contribution >= 4 is 5.91 Å². The molecule has 2 atom stereocenters. The first-order valence-electron chi connectivity index (χ1n) is 6.38. The Bertz CT molecular complexity index is 264. The van der Waals surface area contributed by atoms with Crippen LogP contribution in [0.2, 0.25) is 0 Å². The molecule has 2 unspecified atom stereocenters. The van der Waals surface area contributed by atoms with Crippen molar-refractivity contribution in [1.82, 2.24) is 4.90 Å². The van der Waals surface area contributed by atoms with E-state index in [1.165, 1.54) is 0 Å². The summed E-state index contributed by atoms with van der Waals surface area (Å²) in [5.41, 5.74) is 5.66. The lowest BCUT2D eigenvalue weighted by Crippen LogP contribution is -2.45. The molecule has 0 saturated carbocycles. The minimum atomic E-state index is -2.47. The summed E-state index contributed by atoms with van der Waals surface area (Å²) >= 11 is 0. The molecule has 1 aliphatic heterocycles. The zero-order valence-electron chi connectivity index (χ0n) is 10.8. The number of alkyl halides is 2. The van der Waals surface area contributed by atoms with E-state index >= 15 is 0 Å². The Morgan fingerprint density at radius 2 is 2.28 bits per heavy atom. The number of hydrogen-bond acceptors (Lipinski definition) is 3. The molecule has 0 bridgehead atoms. The van der Waals surface area contributed by atoms with Gasteiger partial charge in [0.2, 0.25) is 5.91 Å². The third kappa shape index (κ3) is 4.86. The standard InChI is InChI=1S/C12H22F2N2O2/c1-9-2-4-16(7-10(9)6-15)12(17)3-5-18-8-11(13)14/h9-11H,2-8,15H2,1H3. The molecule has 18 heavy (non-hydrogen) atoms. The van der Waals surface area contributed by atoms with Gasteiger partial charge in [0.1, 0.15) is 6.61 Å². The number of carbonyl (C=O) groups is 1. The lowest BCUT2D eigenvalue weighted by molar-refractivity contribution is -0.135. The van der Waals surface area contributed by atoms with Crippen LogP contribution in [0.1, 0.15) is 19.8 Å². The summed E-state index contributed by atoms with van der Waals surface area (Å²) < 4.78 is 28.3. The number of nitrogens with two attached hydrogens (primary N) is 1. The molecule has 0 aromatic carbocycles. The number of piperidine rings is 1. The average Bonchev–Trinajstić information content (AvgIpc) is 2.34. The molecule has 106 valence electrons. The molecular formula is C12H22F2N2O2. The molecule has 0 aromatic rings. The molecular weight excluding hydrogens is 242 g/mol. The zero-order chi connectivity index (χ0) is 13.5. The predicted octanol–water partition coefficient (Wildman–Crippen LogP) is 1.10. The number of ether oxygens (including phenoxy) is 1. The van der Waals surface area contributed by atoms with Gasteiger partial charge in [-0.2, -0.15) is 0 Å². The van der Waals surface area contributed by atoms with Gasteiger partial charge < -0.3 is 15.4 Å². The van der Waals surface area contributed by atoms with E-state index in [2.05, 4.69) is 6.92 Å². The monoisotopic (exact) mass is 264 g/mol. The van der Waals surface area contributed by atoms with E-state index < -0.39 is 13.0 Å². The van der Waals surface area contributed by atoms with Crippen LogP contribution in [0, 0.1) is 11.8 Å². The minimum absolute atomic E-state index is 0.0328. The van der Waals surface area contributed by atoms with Gasteiger partial charge in [-0.1, -0.05) is 6.92 Å². The highest BCUT2D eigenvalue weighted by atomic mass is 19.3. The zero-order valence-corrected chi connectivity index (χ0v) is 10.8. The third-order valence-corrected chi connectivity index (χ3v) is 3.47. The summed E-state index contributed by atoms with van der Waals surface area (Å²) in [6, 6.07) is 0. The van der Waals surface area contributed by atoms with Crippen LogP contribution >= 0.6 is 0 Å². The second-order valence-electron chi connectivity index (χ2n) is 4.82. The molecule has 1 rings (SSSR count). The Labute approximate surface area is 106 Å². The van der Waals surface area contributed by atoms with Gasteiger partial charge in [-0.25, -0.2) is 8.78 Å². The van der Waals surface area contributed by atoms with E-state index in [-0.39, 0.29) is 18.9 Å². The molecule has 1 saturated heterocycles. The normalized spacial score (nSPS) is 24.6. The van der Waals surface area contributed by atoms with Gasteiger partial charge in [0, 0.05) is 13.1 Å². The Balaban J connectivity index is 2.25. The van der Waals surface area contributed by atoms with Crippen molar-refractivity contribution in [3.63, 3.8) is 0 Å². The van der Waals surface area contributed by atoms with Crippen LogP contribution in [0.25, 0.3) is 0 Å². The topological polar surface area (TPSA) is 55.6 Å². The summed E-state index contributed by atoms with van der Waals surface area (Å²) in [4.78, 5) is 13.6. The molecule has 2 N–H and O–H groups in total. The number of rotatable bonds is 6. The van der Waals surface area contributed by atoms with Gasteiger partial charge in [0.15, 0.2) is 0 Å². The summed E-state index contributed by atoms with van der Waals surface area (Å²) in [5, 5.41) is 0. The van der Waals surface area contributed by atoms with Gasteiger partial charge in [0.25, 0.3) is 6.43 Å². The molecule has 1 amide bonds. The predicted molar refractivity (Wildman–Crippen MR) is 64.3 cm³/mol. The van der Waals surface area contributed by atoms with Gasteiger partial charge in [-0.15, -0.1) is 0 Å². The minimum Gasteiger partial charge on any atom is -0.375 e. The Morgan fingerprint density at radius 1 is 1.56 bits per heavy atom. The fourth-order valence-corrected chi connectivity index (χ4v) is 2.17. The van der Waals surface area contributed by atoms with Gasteiger partial charge in [-0.05, 0) is 24.8 Å². The molecule has 0 radical (unpaired) electrons. The third-order valence-electron chi connectivity index (χ3n) is 3.47. The molecule has 4 nitrogen and oxygen atoms in total. The first kappa shape index (κ1) is 15.3. The van der Waals surface area contributed by atoms with Crippen molar-refractivity contribution < 1.29 is 18.3 Å². The second-order valence-corrected chi connectivity index (χ2v) is 4.82. The van der Waals surface area contributed by atoms with E-state index in [4.69, 9.17) is 10.5 Å². The number of nitrogens with zero attached hydrogens (tertiary/aromatic N) is 1. The molecule has 1 aliphatic rings. The van der Waals surface area contributed by atoms with Crippen molar-refractivity contribution in [1.29, 1.82) is 0 Å². The number of amides is 1. The highest BCUT2D eigenvalue weighted by molar-refractivity contribution is 5.76. The number of hydrogen-bond donors (Lipinski definition) is 1. The van der Waals surface area contributed by atoms with E-state index in [9.17, 15) is 13.6 Å². The second kappa shape index (κ2) is 7.63. The van der Waals surface area contributed by atoms with Crippen LogP contribution < -0.4 is 5.73 Å². The van der Waals surface area contributed by atoms with E-state index in [1.54, 1.807) is 4.90 Å². The van der Waals surface area contributed by atoms with Crippen LogP contribution in [-0.2, 0) is 9.53 Å². The lowest BCUT2D eigenvalue weighted by Gasteiger charge is -2.36. The SMILES string of the molecule is CC1CCN(C(=O)CCOCC(F)F)CC1CN. The van der Waals surface area contributed by atoms with Gasteiger partial charge in [-0.3, -0.25) is 4.79 Å². The number of likely N-dealkylation sites (tertiary alicyclic amines) is 1. The molecule has 0 aromatic heterocycles. The Hall–Kier alpha value is -0.750. The summed E-state index contributed by atoms with van der Waals surface area (Å²) in [6.45, 7) is 3.58. The van der Waals surface area contributed by atoms with E-state index in [1.807, 2.05) is 0 Å². The molecule has 1 fully saturated rings. The van der Waals surface area contributed by atoms with Gasteiger partial charge in [0.05, 0.1) is 13.0 Å². The molecule has 1 heterocycles. The fourth-order valence-electron chi connectivity index (χ4n) is 2.17. The average molecular weight is 264 g/mol. The number of halogens is 2. The smallest absolute Gasteiger partial charge is 0.261 e. The highest BCUT2D eigenvalue weighted by Crippen LogP contribution is 2.22. The van der Waals surface area contributed by atoms with Crippen LogP contribution in [-0.4, -0.2) is 50.1 Å². The number of carbonyl (C=O) groups excluding carboxylic acids is 1. The fraction of sp³-hybridized carbons (Fsp3) is 0.917. The Kier molecular flexibility index (Phi) is 6.49. The van der Waals surface area contributed by atoms with Crippen LogP contribution in [0.3, 0.4) is 0 Å². The van der Waals surface area contributed by atoms with Crippen molar-refractivity contribution in [2.45, 2.75) is 26.2 Å². The summed E-state index contributed by atoms with van der Waals surface area (Å²) in [5.74, 6) is 0.841. The van der Waals surface area contributed by atoms with Crippen molar-refractivity contribution in [2.75, 3.05) is 32.8 Å². The lowest BCUT2D eigenvalue weighted by atomic mass is 9.87. The first-order chi connectivity index (χ1) is 8.54. The van der Waals surface area contributed by atoms with Crippen LogP contribution in [0.5, 0.6) is 0 Å². The molecule has 0 spiro atoms. The Morgan fingerprint density at radius 3 is 2.89 bits per heavy atom. The summed E-state index contributed by atoms with van der Waals surface area (Å²) in [7, 11) is 0.